The number of benzene rings is 2. The summed E-state index contributed by atoms with van der Waals surface area (Å²) < 4.78 is 6.19. The van der Waals surface area contributed by atoms with E-state index in [-0.39, 0.29) is 11.6 Å². The Morgan fingerprint density at radius 3 is 2.72 bits per heavy atom. The molecule has 1 aliphatic rings. The van der Waals surface area contributed by atoms with E-state index < -0.39 is 0 Å². The minimum Gasteiger partial charge on any atom is -0.491 e. The van der Waals surface area contributed by atoms with Crippen LogP contribution in [0.3, 0.4) is 0 Å². The highest BCUT2D eigenvalue weighted by Crippen LogP contribution is 2.27. The van der Waals surface area contributed by atoms with Crippen molar-refractivity contribution >= 4 is 5.91 Å². The van der Waals surface area contributed by atoms with Crippen LogP contribution in [0, 0.1) is 6.92 Å². The highest BCUT2D eigenvalue weighted by atomic mass is 16.5. The SMILES string of the molecule is Cc1ccc2c(c1)CN(C)CCC(c1ccccc1)CCCN(C(=O)CCc1n[nH]c(=O)[nH]1)CCO2. The summed E-state index contributed by atoms with van der Waals surface area (Å²) in [5.41, 5.74) is 3.39. The molecule has 0 saturated heterocycles. The highest BCUT2D eigenvalue weighted by Gasteiger charge is 2.19. The van der Waals surface area contributed by atoms with Gasteiger partial charge in [0.2, 0.25) is 5.91 Å². The number of nitrogens with one attached hydrogen (secondary N) is 2. The van der Waals surface area contributed by atoms with Crippen LogP contribution in [0.25, 0.3) is 0 Å². The summed E-state index contributed by atoms with van der Waals surface area (Å²) >= 11 is 0. The summed E-state index contributed by atoms with van der Waals surface area (Å²) in [5, 5.41) is 6.28. The number of fused-ring (bicyclic) bond motifs is 1. The van der Waals surface area contributed by atoms with Crippen LogP contribution >= 0.6 is 0 Å². The molecule has 0 saturated carbocycles. The monoisotopic (exact) mass is 491 g/mol. The van der Waals surface area contributed by atoms with E-state index in [1.165, 1.54) is 16.7 Å². The summed E-state index contributed by atoms with van der Waals surface area (Å²) in [6, 6.07) is 17.0. The maximum absolute atomic E-state index is 13.1. The number of carbonyl (C=O) groups excluding carboxylic acids is 1. The average Bonchev–Trinajstić information content (AvgIpc) is 3.29. The molecule has 0 aliphatic carbocycles. The Bertz CT molecular complexity index is 1170. The zero-order chi connectivity index (χ0) is 25.3. The summed E-state index contributed by atoms with van der Waals surface area (Å²) in [6.45, 7) is 5.55. The number of ether oxygens (including phenoxy) is 1. The third kappa shape index (κ3) is 7.31. The fraction of sp³-hybridized carbons (Fsp3) is 0.464. The van der Waals surface area contributed by atoms with Crippen molar-refractivity contribution in [1.29, 1.82) is 0 Å². The van der Waals surface area contributed by atoms with Crippen LogP contribution in [0.5, 0.6) is 5.75 Å². The lowest BCUT2D eigenvalue weighted by atomic mass is 9.91. The second kappa shape index (κ2) is 12.5. The van der Waals surface area contributed by atoms with Gasteiger partial charge >= 0.3 is 5.69 Å². The maximum atomic E-state index is 13.1. The van der Waals surface area contributed by atoms with Crippen LogP contribution in [0.4, 0.5) is 0 Å². The van der Waals surface area contributed by atoms with Gasteiger partial charge in [0.1, 0.15) is 18.2 Å². The minimum absolute atomic E-state index is 0.0506. The molecule has 0 radical (unpaired) electrons. The zero-order valence-electron chi connectivity index (χ0n) is 21.3. The number of H-pyrrole nitrogens is 2. The quantitative estimate of drug-likeness (QED) is 0.581. The Kier molecular flexibility index (Phi) is 8.95. The molecule has 1 unspecified atom stereocenters. The van der Waals surface area contributed by atoms with Crippen molar-refractivity contribution in [3.05, 3.63) is 81.5 Å². The molecule has 1 atom stereocenters. The van der Waals surface area contributed by atoms with Gasteiger partial charge in [0.15, 0.2) is 0 Å². The molecule has 1 aliphatic heterocycles. The molecule has 8 nitrogen and oxygen atoms in total. The number of aromatic amines is 2. The van der Waals surface area contributed by atoms with Gasteiger partial charge in [0, 0.05) is 31.5 Å². The predicted molar refractivity (Wildman–Crippen MR) is 140 cm³/mol. The Hall–Kier alpha value is -3.39. The summed E-state index contributed by atoms with van der Waals surface area (Å²) in [5.74, 6) is 1.88. The molecule has 4 rings (SSSR count). The Balaban J connectivity index is 1.50. The van der Waals surface area contributed by atoms with E-state index in [2.05, 4.69) is 76.5 Å². The third-order valence-electron chi connectivity index (χ3n) is 6.86. The van der Waals surface area contributed by atoms with Crippen molar-refractivity contribution in [3.8, 4) is 5.75 Å². The molecule has 1 amide bonds. The first kappa shape index (κ1) is 25.7. The highest BCUT2D eigenvalue weighted by molar-refractivity contribution is 5.76. The third-order valence-corrected chi connectivity index (χ3v) is 6.86. The van der Waals surface area contributed by atoms with Crippen molar-refractivity contribution in [3.63, 3.8) is 0 Å². The van der Waals surface area contributed by atoms with Crippen LogP contribution in [0.2, 0.25) is 0 Å². The van der Waals surface area contributed by atoms with Crippen LogP contribution in [0.15, 0.2) is 53.3 Å². The normalized spacial score (nSPS) is 18.2. The number of hydrogen-bond acceptors (Lipinski definition) is 5. The lowest BCUT2D eigenvalue weighted by Gasteiger charge is -2.27. The van der Waals surface area contributed by atoms with Gasteiger partial charge < -0.3 is 14.5 Å². The molecule has 8 heteroatoms. The molecule has 2 aromatic carbocycles. The van der Waals surface area contributed by atoms with Gasteiger partial charge in [-0.25, -0.2) is 9.89 Å². The van der Waals surface area contributed by atoms with E-state index in [9.17, 15) is 9.59 Å². The number of aryl methyl sites for hydroxylation is 2. The van der Waals surface area contributed by atoms with Crippen LogP contribution in [-0.2, 0) is 17.8 Å². The van der Waals surface area contributed by atoms with Crippen molar-refractivity contribution < 1.29 is 9.53 Å². The van der Waals surface area contributed by atoms with Crippen molar-refractivity contribution in [2.24, 2.45) is 0 Å². The number of aromatic nitrogens is 3. The fourth-order valence-electron chi connectivity index (χ4n) is 4.88. The number of nitrogens with zero attached hydrogens (tertiary/aromatic N) is 3. The average molecular weight is 492 g/mol. The summed E-state index contributed by atoms with van der Waals surface area (Å²) in [7, 11) is 2.17. The zero-order valence-corrected chi connectivity index (χ0v) is 21.3. The van der Waals surface area contributed by atoms with Gasteiger partial charge in [-0.15, -0.1) is 0 Å². The molecule has 2 heterocycles. The van der Waals surface area contributed by atoms with E-state index in [0.717, 1.165) is 38.1 Å². The molecular weight excluding hydrogens is 454 g/mol. The van der Waals surface area contributed by atoms with Crippen LogP contribution in [0.1, 0.15) is 54.1 Å². The topological polar surface area (TPSA) is 94.3 Å². The number of rotatable bonds is 4. The van der Waals surface area contributed by atoms with E-state index >= 15 is 0 Å². The van der Waals surface area contributed by atoms with E-state index in [4.69, 9.17) is 4.74 Å². The molecule has 0 fully saturated rings. The molecular formula is C28H37N5O3. The minimum atomic E-state index is -0.351. The van der Waals surface area contributed by atoms with Gasteiger partial charge in [-0.05, 0) is 57.3 Å². The van der Waals surface area contributed by atoms with Gasteiger partial charge in [-0.1, -0.05) is 48.0 Å². The van der Waals surface area contributed by atoms with Crippen LogP contribution < -0.4 is 10.4 Å². The molecule has 36 heavy (non-hydrogen) atoms. The smallest absolute Gasteiger partial charge is 0.340 e. The first-order valence-electron chi connectivity index (χ1n) is 12.8. The predicted octanol–water partition coefficient (Wildman–Crippen LogP) is 3.65. The molecule has 2 N–H and O–H groups in total. The molecule has 192 valence electrons. The summed E-state index contributed by atoms with van der Waals surface area (Å²) in [4.78, 5) is 31.3. The molecule has 1 aromatic heterocycles. The lowest BCUT2D eigenvalue weighted by molar-refractivity contribution is -0.131. The van der Waals surface area contributed by atoms with E-state index in [0.29, 0.717) is 44.3 Å². The molecule has 3 aromatic rings. The van der Waals surface area contributed by atoms with Crippen molar-refractivity contribution in [2.45, 2.75) is 51.5 Å². The maximum Gasteiger partial charge on any atom is 0.340 e. The molecule has 0 bridgehead atoms. The first-order valence-corrected chi connectivity index (χ1v) is 12.8. The lowest BCUT2D eigenvalue weighted by Crippen LogP contribution is -2.36. The second-order valence-electron chi connectivity index (χ2n) is 9.74. The van der Waals surface area contributed by atoms with Crippen molar-refractivity contribution in [2.75, 3.05) is 33.3 Å². The fourth-order valence-corrected chi connectivity index (χ4v) is 4.88. The number of amides is 1. The number of hydrogen-bond donors (Lipinski definition) is 2. The van der Waals surface area contributed by atoms with Gasteiger partial charge in [-0.2, -0.15) is 5.10 Å². The Morgan fingerprint density at radius 2 is 1.94 bits per heavy atom. The van der Waals surface area contributed by atoms with Crippen molar-refractivity contribution in [1.82, 2.24) is 25.0 Å². The van der Waals surface area contributed by atoms with Crippen LogP contribution in [-0.4, -0.2) is 64.2 Å². The van der Waals surface area contributed by atoms with E-state index in [1.807, 2.05) is 11.0 Å². The second-order valence-corrected chi connectivity index (χ2v) is 9.74. The number of carbonyl (C=O) groups is 1. The standard InChI is InChI=1S/C28H37N5O3/c1-21-10-11-25-24(19-21)20-32(2)16-14-23(22-7-4-3-5-8-22)9-6-15-33(17-18-36-25)27(34)13-12-26-29-28(35)31-30-26/h3-5,7-8,10-11,19,23H,6,9,12-18,20H2,1-2H3,(H2,29,30,31,35). The Morgan fingerprint density at radius 1 is 1.11 bits per heavy atom. The Labute approximate surface area is 212 Å². The first-order chi connectivity index (χ1) is 17.5. The van der Waals surface area contributed by atoms with Gasteiger partial charge in [0.05, 0.1) is 6.54 Å². The largest absolute Gasteiger partial charge is 0.491 e. The van der Waals surface area contributed by atoms with Gasteiger partial charge in [-0.3, -0.25) is 9.78 Å². The van der Waals surface area contributed by atoms with E-state index in [1.54, 1.807) is 0 Å². The summed E-state index contributed by atoms with van der Waals surface area (Å²) in [6.07, 6.45) is 3.69. The van der Waals surface area contributed by atoms with Gasteiger partial charge in [0.25, 0.3) is 0 Å². The molecule has 0 spiro atoms.